The molecule has 2 nitrogen and oxygen atoms in total. The Hall–Kier alpha value is 0.270. The fourth-order valence-electron chi connectivity index (χ4n) is 0.663. The van der Waals surface area contributed by atoms with E-state index in [1.807, 2.05) is 11.8 Å². The molecule has 0 bridgehead atoms. The van der Waals surface area contributed by atoms with E-state index in [0.717, 1.165) is 19.0 Å². The second-order valence-electron chi connectivity index (χ2n) is 2.78. The molecule has 1 unspecified atom stereocenters. The zero-order valence-electron chi connectivity index (χ0n) is 6.25. The Balaban J connectivity index is 1.93. The molecule has 0 radical (unpaired) electrons. The van der Waals surface area contributed by atoms with Gasteiger partial charge in [-0.05, 0) is 11.7 Å². The summed E-state index contributed by atoms with van der Waals surface area (Å²) >= 11 is 1.91. The van der Waals surface area contributed by atoms with Gasteiger partial charge in [0, 0.05) is 6.61 Å². The van der Waals surface area contributed by atoms with Crippen LogP contribution >= 0.6 is 11.8 Å². The third kappa shape index (κ3) is 2.48. The van der Waals surface area contributed by atoms with Crippen LogP contribution in [0.25, 0.3) is 0 Å². The lowest BCUT2D eigenvalue weighted by Gasteiger charge is -2.26. The summed E-state index contributed by atoms with van der Waals surface area (Å²) in [7, 11) is 0. The van der Waals surface area contributed by atoms with Crippen molar-refractivity contribution in [2.24, 2.45) is 5.92 Å². The molecule has 0 spiro atoms. The molecule has 1 heterocycles. The highest BCUT2D eigenvalue weighted by Gasteiger charge is 2.18. The van der Waals surface area contributed by atoms with E-state index in [0.29, 0.717) is 17.8 Å². The highest BCUT2D eigenvalue weighted by molar-refractivity contribution is 8.00. The van der Waals surface area contributed by atoms with E-state index >= 15 is 0 Å². The fraction of sp³-hybridized carbons (Fsp3) is 1.00. The first kappa shape index (κ1) is 8.37. The molecule has 3 heteroatoms. The molecule has 1 fully saturated rings. The molecule has 0 saturated carbocycles. The van der Waals surface area contributed by atoms with Gasteiger partial charge in [0.15, 0.2) is 0 Å². The number of thioether (sulfide) groups is 1. The van der Waals surface area contributed by atoms with E-state index in [9.17, 15) is 0 Å². The Morgan fingerprint density at radius 3 is 2.80 bits per heavy atom. The predicted octanol–water partition coefficient (Wildman–Crippen LogP) is 0.747. The van der Waals surface area contributed by atoms with Gasteiger partial charge in [0.2, 0.25) is 0 Å². The van der Waals surface area contributed by atoms with Crippen LogP contribution in [0.3, 0.4) is 0 Å². The first-order chi connectivity index (χ1) is 4.83. The fourth-order valence-corrected chi connectivity index (χ4v) is 1.75. The standard InChI is InChI=1S/C7H14O2S/c1-6(2-8)5-10-7-3-9-4-7/h6-8H,2-5H2,1H3. The topological polar surface area (TPSA) is 29.5 Å². The zero-order valence-corrected chi connectivity index (χ0v) is 7.06. The third-order valence-corrected chi connectivity index (χ3v) is 3.04. The minimum atomic E-state index is 0.306. The summed E-state index contributed by atoms with van der Waals surface area (Å²) in [6.07, 6.45) is 0. The number of hydrogen-bond donors (Lipinski definition) is 1. The van der Waals surface area contributed by atoms with Crippen LogP contribution in [0.4, 0.5) is 0 Å². The Labute approximate surface area is 66.0 Å². The number of hydrogen-bond acceptors (Lipinski definition) is 3. The van der Waals surface area contributed by atoms with Crippen molar-refractivity contribution in [1.82, 2.24) is 0 Å². The lowest BCUT2D eigenvalue weighted by molar-refractivity contribution is 0.0454. The summed E-state index contributed by atoms with van der Waals surface area (Å²) < 4.78 is 5.02. The van der Waals surface area contributed by atoms with Crippen LogP contribution in [0.5, 0.6) is 0 Å². The van der Waals surface area contributed by atoms with Gasteiger partial charge < -0.3 is 9.84 Å². The first-order valence-corrected chi connectivity index (χ1v) is 4.68. The SMILES string of the molecule is CC(CO)CSC1COC1. The normalized spacial score (nSPS) is 22.2. The number of rotatable bonds is 4. The van der Waals surface area contributed by atoms with E-state index < -0.39 is 0 Å². The van der Waals surface area contributed by atoms with E-state index in [2.05, 4.69) is 6.92 Å². The van der Waals surface area contributed by atoms with Gasteiger partial charge >= 0.3 is 0 Å². The van der Waals surface area contributed by atoms with Crippen molar-refractivity contribution in [3.8, 4) is 0 Å². The van der Waals surface area contributed by atoms with Gasteiger partial charge in [0.25, 0.3) is 0 Å². The van der Waals surface area contributed by atoms with Crippen molar-refractivity contribution in [1.29, 1.82) is 0 Å². The third-order valence-electron chi connectivity index (χ3n) is 1.54. The quantitative estimate of drug-likeness (QED) is 0.661. The molecule has 1 aliphatic heterocycles. The molecule has 10 heavy (non-hydrogen) atoms. The molecule has 60 valence electrons. The van der Waals surface area contributed by atoms with Gasteiger partial charge in [0.05, 0.1) is 18.5 Å². The van der Waals surface area contributed by atoms with Crippen molar-refractivity contribution in [3.05, 3.63) is 0 Å². The summed E-state index contributed by atoms with van der Waals surface area (Å²) in [5, 5.41) is 9.40. The average Bonchev–Trinajstić information content (AvgIpc) is 1.84. The van der Waals surface area contributed by atoms with Crippen LogP contribution in [-0.2, 0) is 4.74 Å². The van der Waals surface area contributed by atoms with Crippen molar-refractivity contribution >= 4 is 11.8 Å². The summed E-state index contributed by atoms with van der Waals surface area (Å²) in [5.74, 6) is 1.50. The highest BCUT2D eigenvalue weighted by Crippen LogP contribution is 2.20. The maximum Gasteiger partial charge on any atom is 0.0607 e. The van der Waals surface area contributed by atoms with Crippen LogP contribution in [0.15, 0.2) is 0 Å². The number of aliphatic hydroxyl groups excluding tert-OH is 1. The molecule has 0 aromatic heterocycles. The monoisotopic (exact) mass is 162 g/mol. The first-order valence-electron chi connectivity index (χ1n) is 3.63. The summed E-state index contributed by atoms with van der Waals surface area (Å²) in [6.45, 7) is 4.18. The zero-order chi connectivity index (χ0) is 7.40. The molecule has 1 atom stereocenters. The highest BCUT2D eigenvalue weighted by atomic mass is 32.2. The van der Waals surface area contributed by atoms with E-state index in [1.54, 1.807) is 0 Å². The van der Waals surface area contributed by atoms with Crippen LogP contribution in [0.1, 0.15) is 6.92 Å². The molecule has 1 saturated heterocycles. The van der Waals surface area contributed by atoms with Crippen molar-refractivity contribution < 1.29 is 9.84 Å². The average molecular weight is 162 g/mol. The summed E-state index contributed by atoms with van der Waals surface area (Å²) in [4.78, 5) is 0. The van der Waals surface area contributed by atoms with Gasteiger partial charge in [-0.1, -0.05) is 6.92 Å². The van der Waals surface area contributed by atoms with Crippen LogP contribution < -0.4 is 0 Å². The molecule has 1 rings (SSSR count). The molecular formula is C7H14O2S. The maximum atomic E-state index is 8.69. The molecule has 0 aromatic carbocycles. The van der Waals surface area contributed by atoms with Crippen LogP contribution in [-0.4, -0.2) is 35.9 Å². The molecule has 0 aliphatic carbocycles. The second-order valence-corrected chi connectivity index (χ2v) is 4.11. The smallest absolute Gasteiger partial charge is 0.0607 e. The molecular weight excluding hydrogens is 148 g/mol. The van der Waals surface area contributed by atoms with Crippen LogP contribution in [0, 0.1) is 5.92 Å². The Kier molecular flexibility index (Phi) is 3.52. The number of aliphatic hydroxyl groups is 1. The van der Waals surface area contributed by atoms with Gasteiger partial charge in [-0.2, -0.15) is 11.8 Å². The largest absolute Gasteiger partial charge is 0.396 e. The Bertz CT molecular complexity index is 88.9. The number of ether oxygens (including phenoxy) is 1. The molecule has 1 aliphatic rings. The Morgan fingerprint density at radius 2 is 2.40 bits per heavy atom. The molecule has 0 amide bonds. The van der Waals surface area contributed by atoms with Gasteiger partial charge in [-0.3, -0.25) is 0 Å². The summed E-state index contributed by atoms with van der Waals surface area (Å²) in [6, 6.07) is 0. The minimum Gasteiger partial charge on any atom is -0.396 e. The summed E-state index contributed by atoms with van der Waals surface area (Å²) in [5.41, 5.74) is 0. The van der Waals surface area contributed by atoms with Crippen molar-refractivity contribution in [2.45, 2.75) is 12.2 Å². The van der Waals surface area contributed by atoms with Crippen LogP contribution in [0.2, 0.25) is 0 Å². The molecule has 1 N–H and O–H groups in total. The second kappa shape index (κ2) is 4.21. The Morgan fingerprint density at radius 1 is 1.70 bits per heavy atom. The van der Waals surface area contributed by atoms with Crippen molar-refractivity contribution in [3.63, 3.8) is 0 Å². The van der Waals surface area contributed by atoms with E-state index in [1.165, 1.54) is 0 Å². The van der Waals surface area contributed by atoms with Gasteiger partial charge in [-0.15, -0.1) is 0 Å². The lowest BCUT2D eigenvalue weighted by atomic mass is 10.2. The predicted molar refractivity (Wildman–Crippen MR) is 43.3 cm³/mol. The van der Waals surface area contributed by atoms with E-state index in [4.69, 9.17) is 9.84 Å². The maximum absolute atomic E-state index is 8.69. The van der Waals surface area contributed by atoms with Gasteiger partial charge in [0.1, 0.15) is 0 Å². The van der Waals surface area contributed by atoms with E-state index in [-0.39, 0.29) is 0 Å². The molecule has 0 aromatic rings. The lowest BCUT2D eigenvalue weighted by Crippen LogP contribution is -2.31. The minimum absolute atomic E-state index is 0.306. The van der Waals surface area contributed by atoms with Gasteiger partial charge in [-0.25, -0.2) is 0 Å². The van der Waals surface area contributed by atoms with Crippen molar-refractivity contribution in [2.75, 3.05) is 25.6 Å².